The first-order valence-electron chi connectivity index (χ1n) is 7.01. The molecule has 110 valence electrons. The summed E-state index contributed by atoms with van der Waals surface area (Å²) in [4.78, 5) is 0. The van der Waals surface area contributed by atoms with Crippen molar-refractivity contribution in [1.29, 1.82) is 0 Å². The zero-order valence-electron chi connectivity index (χ0n) is 12.4. The van der Waals surface area contributed by atoms with Gasteiger partial charge < -0.3 is 5.11 Å². The summed E-state index contributed by atoms with van der Waals surface area (Å²) in [5.41, 5.74) is 1.60. The standard InChI is InChI=1S/C13H21N5OS/c1-5-9(6-2)11-10(7-19)14-17-18(11)13-16-15-12(20-13)8(3)4/h8-9,19H,5-7H2,1-4H3. The second kappa shape index (κ2) is 6.41. The average Bonchev–Trinajstić information content (AvgIpc) is 3.06. The van der Waals surface area contributed by atoms with Gasteiger partial charge in [0, 0.05) is 11.8 Å². The van der Waals surface area contributed by atoms with Crippen molar-refractivity contribution >= 4 is 11.3 Å². The molecule has 0 fully saturated rings. The third-order valence-corrected chi connectivity index (χ3v) is 4.61. The van der Waals surface area contributed by atoms with Crippen LogP contribution in [0.2, 0.25) is 0 Å². The highest BCUT2D eigenvalue weighted by molar-refractivity contribution is 7.13. The maximum absolute atomic E-state index is 9.46. The zero-order valence-corrected chi connectivity index (χ0v) is 13.2. The van der Waals surface area contributed by atoms with E-state index in [0.29, 0.717) is 17.5 Å². The Labute approximate surface area is 122 Å². The molecule has 2 aromatic heterocycles. The molecule has 0 aliphatic carbocycles. The molecule has 0 bridgehead atoms. The van der Waals surface area contributed by atoms with Crippen LogP contribution in [-0.2, 0) is 6.61 Å². The topological polar surface area (TPSA) is 76.7 Å². The lowest BCUT2D eigenvalue weighted by Crippen LogP contribution is -2.08. The van der Waals surface area contributed by atoms with E-state index in [1.165, 1.54) is 11.3 Å². The fourth-order valence-corrected chi connectivity index (χ4v) is 3.01. The molecule has 0 spiro atoms. The van der Waals surface area contributed by atoms with E-state index < -0.39 is 0 Å². The normalized spacial score (nSPS) is 11.8. The molecule has 7 heteroatoms. The van der Waals surface area contributed by atoms with E-state index in [1.54, 1.807) is 4.68 Å². The fourth-order valence-electron chi connectivity index (χ4n) is 2.20. The van der Waals surface area contributed by atoms with Crippen molar-refractivity contribution in [1.82, 2.24) is 25.2 Å². The summed E-state index contributed by atoms with van der Waals surface area (Å²) in [7, 11) is 0. The van der Waals surface area contributed by atoms with Crippen LogP contribution in [0.4, 0.5) is 0 Å². The number of hydrogen-bond acceptors (Lipinski definition) is 6. The smallest absolute Gasteiger partial charge is 0.234 e. The Balaban J connectivity index is 2.47. The van der Waals surface area contributed by atoms with Crippen LogP contribution in [0.5, 0.6) is 0 Å². The Morgan fingerprint density at radius 3 is 2.35 bits per heavy atom. The van der Waals surface area contributed by atoms with Crippen LogP contribution in [-0.4, -0.2) is 30.3 Å². The highest BCUT2D eigenvalue weighted by Crippen LogP contribution is 2.29. The molecule has 2 heterocycles. The quantitative estimate of drug-likeness (QED) is 0.886. The first-order chi connectivity index (χ1) is 9.62. The van der Waals surface area contributed by atoms with Crippen LogP contribution >= 0.6 is 11.3 Å². The van der Waals surface area contributed by atoms with Crippen molar-refractivity contribution in [2.24, 2.45) is 0 Å². The number of aromatic nitrogens is 5. The van der Waals surface area contributed by atoms with Crippen LogP contribution in [0.3, 0.4) is 0 Å². The van der Waals surface area contributed by atoms with E-state index in [-0.39, 0.29) is 6.61 Å². The van der Waals surface area contributed by atoms with E-state index in [4.69, 9.17) is 0 Å². The molecule has 0 saturated heterocycles. The Morgan fingerprint density at radius 2 is 1.85 bits per heavy atom. The third kappa shape index (κ3) is 2.73. The van der Waals surface area contributed by atoms with Crippen LogP contribution in [0.15, 0.2) is 0 Å². The molecule has 6 nitrogen and oxygen atoms in total. The maximum Gasteiger partial charge on any atom is 0.234 e. The molecule has 0 aliphatic heterocycles. The molecular formula is C13H21N5OS. The molecule has 0 amide bonds. The van der Waals surface area contributed by atoms with Crippen molar-refractivity contribution in [3.63, 3.8) is 0 Å². The van der Waals surface area contributed by atoms with Gasteiger partial charge in [-0.15, -0.1) is 15.3 Å². The van der Waals surface area contributed by atoms with Gasteiger partial charge in [0.25, 0.3) is 0 Å². The third-order valence-electron chi connectivity index (χ3n) is 3.41. The summed E-state index contributed by atoms with van der Waals surface area (Å²) in [6.07, 6.45) is 1.96. The van der Waals surface area contributed by atoms with E-state index in [0.717, 1.165) is 28.7 Å². The Morgan fingerprint density at radius 1 is 1.15 bits per heavy atom. The molecule has 0 atom stereocenters. The predicted octanol–water partition coefficient (Wildman–Crippen LogP) is 2.64. The molecule has 0 unspecified atom stereocenters. The predicted molar refractivity (Wildman–Crippen MR) is 78.2 cm³/mol. The van der Waals surface area contributed by atoms with Crippen molar-refractivity contribution in [3.8, 4) is 5.13 Å². The van der Waals surface area contributed by atoms with Gasteiger partial charge in [-0.25, -0.2) is 0 Å². The largest absolute Gasteiger partial charge is 0.390 e. The molecule has 2 aromatic rings. The Hall–Kier alpha value is -1.34. The monoisotopic (exact) mass is 295 g/mol. The molecule has 0 radical (unpaired) electrons. The van der Waals surface area contributed by atoms with Gasteiger partial charge in [0.15, 0.2) is 0 Å². The minimum atomic E-state index is -0.0956. The van der Waals surface area contributed by atoms with Gasteiger partial charge in [-0.3, -0.25) is 0 Å². The number of rotatable bonds is 6. The highest BCUT2D eigenvalue weighted by Gasteiger charge is 2.22. The molecular weight excluding hydrogens is 274 g/mol. The van der Waals surface area contributed by atoms with Crippen molar-refractivity contribution in [2.75, 3.05) is 0 Å². The molecule has 1 N–H and O–H groups in total. The second-order valence-corrected chi connectivity index (χ2v) is 6.07. The van der Waals surface area contributed by atoms with Gasteiger partial charge in [-0.1, -0.05) is 44.2 Å². The van der Waals surface area contributed by atoms with Gasteiger partial charge in [0.05, 0.1) is 12.3 Å². The van der Waals surface area contributed by atoms with Crippen LogP contribution < -0.4 is 0 Å². The molecule has 0 aliphatic rings. The minimum absolute atomic E-state index is 0.0956. The number of nitrogens with zero attached hydrogens (tertiary/aromatic N) is 5. The van der Waals surface area contributed by atoms with Gasteiger partial charge in [-0.2, -0.15) is 4.68 Å². The lowest BCUT2D eigenvalue weighted by molar-refractivity contribution is 0.274. The first-order valence-corrected chi connectivity index (χ1v) is 7.83. The summed E-state index contributed by atoms with van der Waals surface area (Å²) in [6, 6.07) is 0. The second-order valence-electron chi connectivity index (χ2n) is 5.08. The molecule has 0 aromatic carbocycles. The van der Waals surface area contributed by atoms with E-state index in [9.17, 15) is 5.11 Å². The number of aliphatic hydroxyl groups excluding tert-OH is 1. The summed E-state index contributed by atoms with van der Waals surface area (Å²) in [6.45, 7) is 8.35. The van der Waals surface area contributed by atoms with Gasteiger partial charge in [0.1, 0.15) is 10.7 Å². The van der Waals surface area contributed by atoms with Crippen molar-refractivity contribution in [3.05, 3.63) is 16.4 Å². The summed E-state index contributed by atoms with van der Waals surface area (Å²) >= 11 is 1.53. The summed E-state index contributed by atoms with van der Waals surface area (Å²) in [5, 5.41) is 27.8. The van der Waals surface area contributed by atoms with Gasteiger partial charge >= 0.3 is 0 Å². The summed E-state index contributed by atoms with van der Waals surface area (Å²) in [5.74, 6) is 0.664. The lowest BCUT2D eigenvalue weighted by atomic mass is 9.98. The maximum atomic E-state index is 9.46. The van der Waals surface area contributed by atoms with Crippen LogP contribution in [0, 0.1) is 0 Å². The van der Waals surface area contributed by atoms with Gasteiger partial charge in [-0.05, 0) is 12.8 Å². The molecule has 0 saturated carbocycles. The SMILES string of the molecule is CCC(CC)c1c(CO)nnn1-c1nnc(C(C)C)s1. The molecule has 20 heavy (non-hydrogen) atoms. The van der Waals surface area contributed by atoms with E-state index in [1.807, 2.05) is 0 Å². The Kier molecular flexibility index (Phi) is 4.82. The van der Waals surface area contributed by atoms with E-state index in [2.05, 4.69) is 48.2 Å². The van der Waals surface area contributed by atoms with Crippen LogP contribution in [0.25, 0.3) is 5.13 Å². The highest BCUT2D eigenvalue weighted by atomic mass is 32.1. The fraction of sp³-hybridized carbons (Fsp3) is 0.692. The zero-order chi connectivity index (χ0) is 14.7. The lowest BCUT2D eigenvalue weighted by Gasteiger charge is -2.13. The van der Waals surface area contributed by atoms with Crippen molar-refractivity contribution < 1.29 is 5.11 Å². The summed E-state index contributed by atoms with van der Waals surface area (Å²) < 4.78 is 1.74. The molecule has 2 rings (SSSR count). The average molecular weight is 295 g/mol. The first kappa shape index (κ1) is 15.1. The minimum Gasteiger partial charge on any atom is -0.390 e. The van der Waals surface area contributed by atoms with E-state index >= 15 is 0 Å². The van der Waals surface area contributed by atoms with Crippen molar-refractivity contribution in [2.45, 2.75) is 59.0 Å². The number of hydrogen-bond donors (Lipinski definition) is 1. The van der Waals surface area contributed by atoms with Gasteiger partial charge in [0.2, 0.25) is 5.13 Å². The van der Waals surface area contributed by atoms with Crippen LogP contribution in [0.1, 0.15) is 68.8 Å². The number of aliphatic hydroxyl groups is 1. The Bertz CT molecular complexity index is 559.